The number of carbonyl (C=O) groups is 1. The highest BCUT2D eigenvalue weighted by molar-refractivity contribution is 7.12. The van der Waals surface area contributed by atoms with Crippen molar-refractivity contribution in [3.63, 3.8) is 0 Å². The molecule has 0 aliphatic rings. The summed E-state index contributed by atoms with van der Waals surface area (Å²) in [5.74, 6) is -0.108. The predicted molar refractivity (Wildman–Crippen MR) is 102 cm³/mol. The highest BCUT2D eigenvalue weighted by Crippen LogP contribution is 2.27. The summed E-state index contributed by atoms with van der Waals surface area (Å²) >= 11 is 7.76. The molecule has 1 amide bonds. The summed E-state index contributed by atoms with van der Waals surface area (Å²) in [5.41, 5.74) is 3.68. The van der Waals surface area contributed by atoms with Gasteiger partial charge in [0.1, 0.15) is 0 Å². The normalized spacial score (nSPS) is 10.4. The fourth-order valence-electron chi connectivity index (χ4n) is 2.32. The summed E-state index contributed by atoms with van der Waals surface area (Å²) in [7, 11) is 0. The summed E-state index contributed by atoms with van der Waals surface area (Å²) < 4.78 is 0. The minimum absolute atomic E-state index is 0.108. The lowest BCUT2D eigenvalue weighted by atomic mass is 10.2. The van der Waals surface area contributed by atoms with Crippen LogP contribution in [0.4, 0.5) is 11.4 Å². The van der Waals surface area contributed by atoms with E-state index in [-0.39, 0.29) is 5.91 Å². The molecule has 0 unspecified atom stereocenters. The Morgan fingerprint density at radius 3 is 2.58 bits per heavy atom. The molecule has 0 fully saturated rings. The molecule has 0 atom stereocenters. The van der Waals surface area contributed by atoms with Crippen molar-refractivity contribution in [2.75, 3.05) is 10.6 Å². The molecule has 1 aromatic heterocycles. The molecule has 0 bridgehead atoms. The standard InChI is InChI=1S/C19H17ClN2OS/c1-13-9-10-24-18(13)19(23)22-15-7-8-17(16(20)11-15)21-12-14-5-3-2-4-6-14/h2-11,21H,12H2,1H3,(H,22,23). The van der Waals surface area contributed by atoms with E-state index in [1.54, 1.807) is 6.07 Å². The summed E-state index contributed by atoms with van der Waals surface area (Å²) in [5, 5.41) is 8.68. The summed E-state index contributed by atoms with van der Waals surface area (Å²) in [6.45, 7) is 2.62. The fraction of sp³-hybridized carbons (Fsp3) is 0.105. The van der Waals surface area contributed by atoms with E-state index in [1.807, 2.05) is 48.7 Å². The molecule has 24 heavy (non-hydrogen) atoms. The van der Waals surface area contributed by atoms with Crippen molar-refractivity contribution in [1.29, 1.82) is 0 Å². The number of anilines is 2. The number of nitrogens with one attached hydrogen (secondary N) is 2. The molecule has 1 heterocycles. The summed E-state index contributed by atoms with van der Waals surface area (Å²) in [6.07, 6.45) is 0. The van der Waals surface area contributed by atoms with Crippen LogP contribution in [-0.2, 0) is 6.54 Å². The van der Waals surface area contributed by atoms with Crippen molar-refractivity contribution in [2.24, 2.45) is 0 Å². The number of halogens is 1. The first-order valence-electron chi connectivity index (χ1n) is 7.56. The minimum Gasteiger partial charge on any atom is -0.380 e. The van der Waals surface area contributed by atoms with Gasteiger partial charge in [-0.3, -0.25) is 4.79 Å². The first-order valence-corrected chi connectivity index (χ1v) is 8.82. The molecule has 2 N–H and O–H groups in total. The molecule has 0 aliphatic carbocycles. The molecular formula is C19H17ClN2OS. The van der Waals surface area contributed by atoms with Crippen molar-refractivity contribution in [3.05, 3.63) is 81.0 Å². The van der Waals surface area contributed by atoms with E-state index in [1.165, 1.54) is 16.9 Å². The smallest absolute Gasteiger partial charge is 0.265 e. The van der Waals surface area contributed by atoms with Crippen molar-refractivity contribution in [1.82, 2.24) is 0 Å². The van der Waals surface area contributed by atoms with Crippen LogP contribution in [0.3, 0.4) is 0 Å². The van der Waals surface area contributed by atoms with Crippen molar-refractivity contribution >= 4 is 40.2 Å². The molecule has 3 aromatic rings. The van der Waals surface area contributed by atoms with Crippen molar-refractivity contribution < 1.29 is 4.79 Å². The van der Waals surface area contributed by atoms with E-state index in [0.29, 0.717) is 17.3 Å². The van der Waals surface area contributed by atoms with E-state index in [4.69, 9.17) is 11.6 Å². The van der Waals surface area contributed by atoms with Crippen LogP contribution < -0.4 is 10.6 Å². The van der Waals surface area contributed by atoms with Crippen LogP contribution in [-0.4, -0.2) is 5.91 Å². The maximum absolute atomic E-state index is 12.2. The molecule has 3 nitrogen and oxygen atoms in total. The van der Waals surface area contributed by atoms with Crippen LogP contribution >= 0.6 is 22.9 Å². The van der Waals surface area contributed by atoms with Crippen LogP contribution in [0.25, 0.3) is 0 Å². The molecule has 0 spiro atoms. The molecule has 0 saturated heterocycles. The lowest BCUT2D eigenvalue weighted by Crippen LogP contribution is -2.11. The second-order valence-electron chi connectivity index (χ2n) is 5.42. The topological polar surface area (TPSA) is 41.1 Å². The van der Waals surface area contributed by atoms with Gasteiger partial charge in [-0.25, -0.2) is 0 Å². The average molecular weight is 357 g/mol. The zero-order valence-electron chi connectivity index (χ0n) is 13.2. The quantitative estimate of drug-likeness (QED) is 0.627. The second kappa shape index (κ2) is 7.51. The third-order valence-corrected chi connectivity index (χ3v) is 4.95. The van der Waals surface area contributed by atoms with Gasteiger partial charge < -0.3 is 10.6 Å². The Kier molecular flexibility index (Phi) is 5.18. The molecule has 0 radical (unpaired) electrons. The van der Waals surface area contributed by atoms with Crippen molar-refractivity contribution in [3.8, 4) is 0 Å². The number of amides is 1. The number of hydrogen-bond acceptors (Lipinski definition) is 3. The summed E-state index contributed by atoms with van der Waals surface area (Å²) in [4.78, 5) is 13.0. The largest absolute Gasteiger partial charge is 0.380 e. The van der Waals surface area contributed by atoms with E-state index < -0.39 is 0 Å². The molecule has 122 valence electrons. The van der Waals surface area contributed by atoms with Gasteiger partial charge in [-0.15, -0.1) is 11.3 Å². The van der Waals surface area contributed by atoms with Gasteiger partial charge in [-0.1, -0.05) is 41.9 Å². The van der Waals surface area contributed by atoms with E-state index in [9.17, 15) is 4.79 Å². The van der Waals surface area contributed by atoms with Crippen LogP contribution in [0.5, 0.6) is 0 Å². The number of rotatable bonds is 5. The molecule has 5 heteroatoms. The highest BCUT2D eigenvalue weighted by atomic mass is 35.5. The van der Waals surface area contributed by atoms with Crippen LogP contribution in [0.1, 0.15) is 20.8 Å². The Morgan fingerprint density at radius 2 is 1.92 bits per heavy atom. The molecule has 0 aliphatic heterocycles. The third-order valence-electron chi connectivity index (χ3n) is 3.62. The van der Waals surface area contributed by atoms with Gasteiger partial charge in [-0.2, -0.15) is 0 Å². The van der Waals surface area contributed by atoms with Crippen LogP contribution in [0.15, 0.2) is 60.0 Å². The fourth-order valence-corrected chi connectivity index (χ4v) is 3.39. The number of aryl methyl sites for hydroxylation is 1. The van der Waals surface area contributed by atoms with E-state index >= 15 is 0 Å². The predicted octanol–water partition coefficient (Wildman–Crippen LogP) is 5.57. The Hall–Kier alpha value is -2.30. The minimum atomic E-state index is -0.108. The number of thiophene rings is 1. The lowest BCUT2D eigenvalue weighted by molar-refractivity contribution is 0.103. The van der Waals surface area contributed by atoms with Gasteiger partial charge in [0.05, 0.1) is 15.6 Å². The van der Waals surface area contributed by atoms with Gasteiger partial charge >= 0.3 is 0 Å². The number of benzene rings is 2. The molecule has 2 aromatic carbocycles. The van der Waals surface area contributed by atoms with Gasteiger partial charge in [0.2, 0.25) is 0 Å². The van der Waals surface area contributed by atoms with Gasteiger partial charge in [0.25, 0.3) is 5.91 Å². The monoisotopic (exact) mass is 356 g/mol. The van der Waals surface area contributed by atoms with Crippen molar-refractivity contribution in [2.45, 2.75) is 13.5 Å². The Bertz CT molecular complexity index is 846. The first-order chi connectivity index (χ1) is 11.6. The van der Waals surface area contributed by atoms with E-state index in [0.717, 1.165) is 16.1 Å². The second-order valence-corrected chi connectivity index (χ2v) is 6.74. The lowest BCUT2D eigenvalue weighted by Gasteiger charge is -2.11. The first kappa shape index (κ1) is 16.6. The molecule has 3 rings (SSSR count). The van der Waals surface area contributed by atoms with Crippen LogP contribution in [0, 0.1) is 6.92 Å². The number of hydrogen-bond donors (Lipinski definition) is 2. The summed E-state index contributed by atoms with van der Waals surface area (Å²) in [6, 6.07) is 17.5. The zero-order chi connectivity index (χ0) is 16.9. The third kappa shape index (κ3) is 3.96. The number of carbonyl (C=O) groups excluding carboxylic acids is 1. The highest BCUT2D eigenvalue weighted by Gasteiger charge is 2.11. The van der Waals surface area contributed by atoms with Gasteiger partial charge in [-0.05, 0) is 47.7 Å². The van der Waals surface area contributed by atoms with Crippen LogP contribution in [0.2, 0.25) is 5.02 Å². The Balaban J connectivity index is 1.66. The maximum Gasteiger partial charge on any atom is 0.265 e. The zero-order valence-corrected chi connectivity index (χ0v) is 14.7. The average Bonchev–Trinajstić information content (AvgIpc) is 3.01. The SMILES string of the molecule is Cc1ccsc1C(=O)Nc1ccc(NCc2ccccc2)c(Cl)c1. The Morgan fingerprint density at radius 1 is 1.12 bits per heavy atom. The van der Waals surface area contributed by atoms with E-state index in [2.05, 4.69) is 22.8 Å². The maximum atomic E-state index is 12.2. The Labute approximate surface area is 150 Å². The van der Waals surface area contributed by atoms with Gasteiger partial charge in [0.15, 0.2) is 0 Å². The molecular weight excluding hydrogens is 340 g/mol. The van der Waals surface area contributed by atoms with Gasteiger partial charge in [0, 0.05) is 12.2 Å². The molecule has 0 saturated carbocycles.